The van der Waals surface area contributed by atoms with Gasteiger partial charge in [0.05, 0.1) is 10.4 Å². The molecule has 1 fully saturated rings. The van der Waals surface area contributed by atoms with Crippen LogP contribution in [0.15, 0.2) is 39.8 Å². The Kier molecular flexibility index (Phi) is 3.78. The number of aromatic nitrogens is 2. The second-order valence-electron chi connectivity index (χ2n) is 3.98. The van der Waals surface area contributed by atoms with Gasteiger partial charge in [-0.1, -0.05) is 23.1 Å². The van der Waals surface area contributed by atoms with Gasteiger partial charge < -0.3 is 10.2 Å². The summed E-state index contributed by atoms with van der Waals surface area (Å²) < 4.78 is 1.23. The van der Waals surface area contributed by atoms with E-state index >= 15 is 0 Å². The molecule has 0 saturated carbocycles. The van der Waals surface area contributed by atoms with Crippen molar-refractivity contribution >= 4 is 28.2 Å². The van der Waals surface area contributed by atoms with E-state index < -0.39 is 0 Å². The first kappa shape index (κ1) is 12.0. The molecule has 0 atom stereocenters. The van der Waals surface area contributed by atoms with Gasteiger partial charge in [0.25, 0.3) is 0 Å². The SMILES string of the molecule is c1cc(Sc2cnc(N3CCNCC3)s2)ccn1. The maximum atomic E-state index is 4.52. The number of anilines is 1. The number of pyridine rings is 1. The summed E-state index contributed by atoms with van der Waals surface area (Å²) >= 11 is 3.51. The molecule has 1 saturated heterocycles. The fraction of sp³-hybridized carbons (Fsp3) is 0.333. The standard InChI is InChI=1S/C12H14N4S2/c1-3-13-4-2-10(1)17-11-9-15-12(18-11)16-7-5-14-6-8-16/h1-4,9,14H,5-8H2. The Bertz CT molecular complexity index is 494. The number of nitrogens with zero attached hydrogens (tertiary/aromatic N) is 3. The van der Waals surface area contributed by atoms with Gasteiger partial charge in [-0.15, -0.1) is 0 Å². The molecular weight excluding hydrogens is 264 g/mol. The zero-order valence-corrected chi connectivity index (χ0v) is 11.5. The summed E-state index contributed by atoms with van der Waals surface area (Å²) in [6, 6.07) is 4.05. The molecule has 3 heterocycles. The van der Waals surface area contributed by atoms with Crippen molar-refractivity contribution in [1.29, 1.82) is 0 Å². The van der Waals surface area contributed by atoms with Crippen molar-refractivity contribution < 1.29 is 0 Å². The molecule has 1 aliphatic rings. The Morgan fingerprint density at radius 3 is 2.78 bits per heavy atom. The van der Waals surface area contributed by atoms with E-state index in [1.807, 2.05) is 30.7 Å². The Morgan fingerprint density at radius 1 is 1.22 bits per heavy atom. The van der Waals surface area contributed by atoms with Gasteiger partial charge in [-0.25, -0.2) is 4.98 Å². The largest absolute Gasteiger partial charge is 0.346 e. The molecule has 4 nitrogen and oxygen atoms in total. The van der Waals surface area contributed by atoms with Crippen LogP contribution in [0.4, 0.5) is 5.13 Å². The summed E-state index contributed by atoms with van der Waals surface area (Å²) in [5.41, 5.74) is 0. The molecule has 2 aromatic rings. The zero-order valence-electron chi connectivity index (χ0n) is 9.87. The van der Waals surface area contributed by atoms with Crippen molar-refractivity contribution in [3.05, 3.63) is 30.7 Å². The lowest BCUT2D eigenvalue weighted by atomic mass is 10.4. The van der Waals surface area contributed by atoms with Crippen LogP contribution < -0.4 is 10.2 Å². The molecule has 1 N–H and O–H groups in total. The average molecular weight is 278 g/mol. The minimum Gasteiger partial charge on any atom is -0.346 e. The Morgan fingerprint density at radius 2 is 2.00 bits per heavy atom. The third-order valence-corrected chi connectivity index (χ3v) is 4.90. The van der Waals surface area contributed by atoms with Gasteiger partial charge in [0.1, 0.15) is 0 Å². The van der Waals surface area contributed by atoms with E-state index in [2.05, 4.69) is 20.2 Å². The van der Waals surface area contributed by atoms with Crippen LogP contribution in [0, 0.1) is 0 Å². The van der Waals surface area contributed by atoms with Gasteiger partial charge >= 0.3 is 0 Å². The van der Waals surface area contributed by atoms with Gasteiger partial charge in [-0.3, -0.25) is 4.98 Å². The van der Waals surface area contributed by atoms with Crippen LogP contribution in [0.1, 0.15) is 0 Å². The third-order valence-electron chi connectivity index (χ3n) is 2.73. The number of nitrogens with one attached hydrogen (secondary N) is 1. The van der Waals surface area contributed by atoms with E-state index in [4.69, 9.17) is 0 Å². The molecule has 18 heavy (non-hydrogen) atoms. The molecule has 0 bridgehead atoms. The van der Waals surface area contributed by atoms with E-state index in [1.165, 1.54) is 9.10 Å². The predicted octanol–water partition coefficient (Wildman–Crippen LogP) is 2.10. The average Bonchev–Trinajstić information content (AvgIpc) is 2.89. The number of hydrogen-bond donors (Lipinski definition) is 1. The second-order valence-corrected chi connectivity index (χ2v) is 6.37. The van der Waals surface area contributed by atoms with Gasteiger partial charge in [-0.2, -0.15) is 0 Å². The predicted molar refractivity (Wildman–Crippen MR) is 75.6 cm³/mol. The zero-order chi connectivity index (χ0) is 12.2. The van der Waals surface area contributed by atoms with Gasteiger partial charge in [0, 0.05) is 43.5 Å². The monoisotopic (exact) mass is 278 g/mol. The van der Waals surface area contributed by atoms with Crippen molar-refractivity contribution in [2.24, 2.45) is 0 Å². The molecule has 6 heteroatoms. The molecule has 1 aliphatic heterocycles. The molecule has 0 aromatic carbocycles. The molecule has 0 unspecified atom stereocenters. The highest BCUT2D eigenvalue weighted by molar-refractivity contribution is 8.01. The van der Waals surface area contributed by atoms with Gasteiger partial charge in [0.15, 0.2) is 5.13 Å². The second kappa shape index (κ2) is 5.69. The van der Waals surface area contributed by atoms with E-state index in [9.17, 15) is 0 Å². The Hall–Kier alpha value is -1.11. The number of hydrogen-bond acceptors (Lipinski definition) is 6. The number of piperazine rings is 1. The van der Waals surface area contributed by atoms with Gasteiger partial charge in [-0.05, 0) is 12.1 Å². The highest BCUT2D eigenvalue weighted by atomic mass is 32.2. The van der Waals surface area contributed by atoms with E-state index in [1.54, 1.807) is 23.1 Å². The summed E-state index contributed by atoms with van der Waals surface area (Å²) in [6.07, 6.45) is 5.61. The first-order valence-corrected chi connectivity index (χ1v) is 7.54. The molecule has 0 amide bonds. The van der Waals surface area contributed by atoms with Crippen LogP contribution in [-0.4, -0.2) is 36.1 Å². The normalized spacial score (nSPS) is 15.9. The fourth-order valence-corrected chi connectivity index (χ4v) is 3.80. The quantitative estimate of drug-likeness (QED) is 0.931. The van der Waals surface area contributed by atoms with Crippen LogP contribution in [0.5, 0.6) is 0 Å². The molecule has 94 valence electrons. The highest BCUT2D eigenvalue weighted by Gasteiger charge is 2.14. The van der Waals surface area contributed by atoms with Crippen LogP contribution in [0.2, 0.25) is 0 Å². The van der Waals surface area contributed by atoms with Crippen molar-refractivity contribution in [1.82, 2.24) is 15.3 Å². The van der Waals surface area contributed by atoms with Gasteiger partial charge in [0.2, 0.25) is 0 Å². The summed E-state index contributed by atoms with van der Waals surface area (Å²) in [4.78, 5) is 12.1. The minimum atomic E-state index is 1.05. The molecule has 3 rings (SSSR count). The third kappa shape index (κ3) is 2.82. The van der Waals surface area contributed by atoms with Crippen LogP contribution in [0.25, 0.3) is 0 Å². The minimum absolute atomic E-state index is 1.05. The van der Waals surface area contributed by atoms with E-state index in [0.717, 1.165) is 31.3 Å². The lowest BCUT2D eigenvalue weighted by Gasteiger charge is -2.26. The molecular formula is C12H14N4S2. The fourth-order valence-electron chi connectivity index (χ4n) is 1.82. The maximum absolute atomic E-state index is 4.52. The van der Waals surface area contributed by atoms with Crippen LogP contribution in [-0.2, 0) is 0 Å². The van der Waals surface area contributed by atoms with Crippen molar-refractivity contribution in [3.63, 3.8) is 0 Å². The highest BCUT2D eigenvalue weighted by Crippen LogP contribution is 2.34. The lowest BCUT2D eigenvalue weighted by Crippen LogP contribution is -2.43. The van der Waals surface area contributed by atoms with Crippen LogP contribution in [0.3, 0.4) is 0 Å². The molecule has 2 aromatic heterocycles. The first-order chi connectivity index (χ1) is 8.92. The molecule has 0 spiro atoms. The molecule has 0 aliphatic carbocycles. The van der Waals surface area contributed by atoms with Crippen molar-refractivity contribution in [2.45, 2.75) is 9.10 Å². The number of thiazole rings is 1. The van der Waals surface area contributed by atoms with Crippen LogP contribution >= 0.6 is 23.1 Å². The summed E-state index contributed by atoms with van der Waals surface area (Å²) in [5, 5.41) is 4.49. The molecule has 0 radical (unpaired) electrons. The summed E-state index contributed by atoms with van der Waals surface area (Å²) in [6.45, 7) is 4.19. The maximum Gasteiger partial charge on any atom is 0.186 e. The Labute approximate surface area is 114 Å². The Balaban J connectivity index is 1.69. The number of rotatable bonds is 3. The first-order valence-electron chi connectivity index (χ1n) is 5.91. The topological polar surface area (TPSA) is 41.1 Å². The van der Waals surface area contributed by atoms with Crippen molar-refractivity contribution in [2.75, 3.05) is 31.1 Å². The smallest absolute Gasteiger partial charge is 0.186 e. The van der Waals surface area contributed by atoms with Crippen molar-refractivity contribution in [3.8, 4) is 0 Å². The summed E-state index contributed by atoms with van der Waals surface area (Å²) in [5.74, 6) is 0. The van der Waals surface area contributed by atoms with E-state index in [0.29, 0.717) is 0 Å². The summed E-state index contributed by atoms with van der Waals surface area (Å²) in [7, 11) is 0. The van der Waals surface area contributed by atoms with E-state index in [-0.39, 0.29) is 0 Å². The lowest BCUT2D eigenvalue weighted by molar-refractivity contribution is 0.588.